The number of hydrogen-bond acceptors (Lipinski definition) is 4. The van der Waals surface area contributed by atoms with E-state index in [0.29, 0.717) is 11.3 Å². The van der Waals surface area contributed by atoms with E-state index in [1.165, 1.54) is 10.8 Å². The average Bonchev–Trinajstić information content (AvgIpc) is 2.36. The Balaban J connectivity index is 2.48. The third-order valence-electron chi connectivity index (χ3n) is 2.65. The minimum Gasteiger partial charge on any atom is -0.388 e. The van der Waals surface area contributed by atoms with E-state index >= 15 is 0 Å². The Morgan fingerprint density at radius 2 is 2.26 bits per heavy atom. The number of nitrogens with one attached hydrogen (secondary N) is 1. The Bertz CT molecular complexity index is 748. The second-order valence-corrected chi connectivity index (χ2v) is 4.51. The van der Waals surface area contributed by atoms with Crippen molar-refractivity contribution in [3.05, 3.63) is 62.2 Å². The molecular weight excluding hydrogens is 264 g/mol. The van der Waals surface area contributed by atoms with Crippen molar-refractivity contribution in [2.45, 2.75) is 13.5 Å². The van der Waals surface area contributed by atoms with Crippen LogP contribution in [-0.4, -0.2) is 19.5 Å². The van der Waals surface area contributed by atoms with Gasteiger partial charge in [0.25, 0.3) is 5.56 Å². The van der Waals surface area contributed by atoms with E-state index in [9.17, 15) is 9.59 Å². The molecule has 2 rings (SSSR count). The molecule has 98 valence electrons. The molecule has 0 unspecified atom stereocenters. The molecule has 6 nitrogen and oxygen atoms in total. The quantitative estimate of drug-likeness (QED) is 0.765. The van der Waals surface area contributed by atoms with Gasteiger partial charge in [-0.25, -0.2) is 4.79 Å². The number of thiocarbonyl (C=S) groups is 1. The zero-order chi connectivity index (χ0) is 14.0. The topological polar surface area (TPSA) is 93.8 Å². The van der Waals surface area contributed by atoms with Crippen LogP contribution < -0.4 is 17.0 Å². The molecule has 0 radical (unpaired) electrons. The number of hydrogen-bond donors (Lipinski definition) is 2. The van der Waals surface area contributed by atoms with Crippen LogP contribution in [0.3, 0.4) is 0 Å². The number of nitrogens with zero attached hydrogens (tertiary/aromatic N) is 2. The van der Waals surface area contributed by atoms with Crippen molar-refractivity contribution < 1.29 is 0 Å². The number of aromatic nitrogens is 3. The van der Waals surface area contributed by atoms with Crippen LogP contribution in [0.15, 0.2) is 34.1 Å². The summed E-state index contributed by atoms with van der Waals surface area (Å²) in [6.07, 6.45) is 3.08. The van der Waals surface area contributed by atoms with E-state index in [0.717, 1.165) is 5.56 Å². The molecule has 0 amide bonds. The first-order valence-corrected chi connectivity index (χ1v) is 5.94. The van der Waals surface area contributed by atoms with Crippen molar-refractivity contribution in [3.8, 4) is 0 Å². The highest BCUT2D eigenvalue weighted by molar-refractivity contribution is 7.80. The fourth-order valence-electron chi connectivity index (χ4n) is 1.71. The first-order chi connectivity index (χ1) is 8.99. The van der Waals surface area contributed by atoms with E-state index < -0.39 is 5.69 Å². The number of nitrogens with two attached hydrogens (primary N) is 1. The fourth-order valence-corrected chi connectivity index (χ4v) is 1.89. The van der Waals surface area contributed by atoms with Gasteiger partial charge in [0, 0.05) is 23.5 Å². The van der Waals surface area contributed by atoms with Gasteiger partial charge in [0.2, 0.25) is 0 Å². The summed E-state index contributed by atoms with van der Waals surface area (Å²) in [5.74, 6) is 0. The molecule has 0 aromatic carbocycles. The molecule has 0 bridgehead atoms. The maximum absolute atomic E-state index is 11.7. The summed E-state index contributed by atoms with van der Waals surface area (Å²) >= 11 is 4.92. The molecule has 7 heteroatoms. The Kier molecular flexibility index (Phi) is 3.57. The predicted molar refractivity (Wildman–Crippen MR) is 75.3 cm³/mol. The van der Waals surface area contributed by atoms with E-state index in [4.69, 9.17) is 18.0 Å². The Morgan fingerprint density at radius 1 is 1.53 bits per heavy atom. The first-order valence-electron chi connectivity index (χ1n) is 5.53. The van der Waals surface area contributed by atoms with E-state index in [1.807, 2.05) is 0 Å². The van der Waals surface area contributed by atoms with Crippen LogP contribution in [0.4, 0.5) is 0 Å². The molecule has 2 heterocycles. The van der Waals surface area contributed by atoms with Gasteiger partial charge in [0.05, 0.1) is 6.54 Å². The summed E-state index contributed by atoms with van der Waals surface area (Å²) < 4.78 is 1.38. The number of rotatable bonds is 3. The highest BCUT2D eigenvalue weighted by atomic mass is 32.1. The normalized spacial score (nSPS) is 10.4. The lowest BCUT2D eigenvalue weighted by atomic mass is 10.2. The Labute approximate surface area is 113 Å². The molecule has 2 aromatic heterocycles. The van der Waals surface area contributed by atoms with Crippen LogP contribution >= 0.6 is 12.2 Å². The van der Waals surface area contributed by atoms with Crippen LogP contribution in [0.25, 0.3) is 0 Å². The smallest absolute Gasteiger partial charge is 0.328 e. The lowest BCUT2D eigenvalue weighted by molar-refractivity contribution is 0.710. The molecule has 0 aliphatic rings. The molecular formula is C12H12N4O2S. The van der Waals surface area contributed by atoms with Gasteiger partial charge in [0.1, 0.15) is 10.7 Å². The summed E-state index contributed by atoms with van der Waals surface area (Å²) in [5, 5.41) is 0. The first kappa shape index (κ1) is 13.2. The Morgan fingerprint density at radius 3 is 2.95 bits per heavy atom. The summed E-state index contributed by atoms with van der Waals surface area (Å²) in [6, 6.07) is 3.52. The molecule has 19 heavy (non-hydrogen) atoms. The van der Waals surface area contributed by atoms with E-state index in [2.05, 4.69) is 9.97 Å². The molecule has 3 N–H and O–H groups in total. The number of aromatic amines is 1. The standard InChI is InChI=1S/C12H12N4O2S/c1-7-5-16(12(18)15-11(7)17)6-8-3-2-4-14-9(8)10(13)19/h2-5H,6H2,1H3,(H2,13,19)(H,15,17,18). The number of H-pyrrole nitrogens is 1. The van der Waals surface area contributed by atoms with Crippen LogP contribution in [-0.2, 0) is 6.54 Å². The minimum atomic E-state index is -0.478. The largest absolute Gasteiger partial charge is 0.388 e. The molecule has 0 atom stereocenters. The minimum absolute atomic E-state index is 0.171. The highest BCUT2D eigenvalue weighted by Crippen LogP contribution is 2.06. The van der Waals surface area contributed by atoms with Crippen LogP contribution in [0.1, 0.15) is 16.8 Å². The van der Waals surface area contributed by atoms with E-state index in [1.54, 1.807) is 25.3 Å². The summed E-state index contributed by atoms with van der Waals surface area (Å²) in [5.41, 5.74) is 6.38. The van der Waals surface area contributed by atoms with Gasteiger partial charge in [-0.1, -0.05) is 18.3 Å². The third kappa shape index (κ3) is 2.76. The molecule has 0 fully saturated rings. The lowest BCUT2D eigenvalue weighted by Crippen LogP contribution is -2.31. The second-order valence-electron chi connectivity index (χ2n) is 4.07. The van der Waals surface area contributed by atoms with Crippen molar-refractivity contribution >= 4 is 17.2 Å². The fraction of sp³-hybridized carbons (Fsp3) is 0.167. The highest BCUT2D eigenvalue weighted by Gasteiger charge is 2.08. The van der Waals surface area contributed by atoms with Gasteiger partial charge < -0.3 is 5.73 Å². The molecule has 0 saturated heterocycles. The van der Waals surface area contributed by atoms with Crippen molar-refractivity contribution in [2.24, 2.45) is 5.73 Å². The summed E-state index contributed by atoms with van der Waals surface area (Å²) in [6.45, 7) is 1.88. The zero-order valence-electron chi connectivity index (χ0n) is 10.2. The molecule has 0 saturated carbocycles. The van der Waals surface area contributed by atoms with Gasteiger partial charge in [-0.05, 0) is 13.0 Å². The SMILES string of the molecule is Cc1cn(Cc2cccnc2C(N)=S)c(=O)[nH]c1=O. The second kappa shape index (κ2) is 5.15. The number of aryl methyl sites for hydroxylation is 1. The molecule has 0 spiro atoms. The average molecular weight is 276 g/mol. The van der Waals surface area contributed by atoms with Crippen molar-refractivity contribution in [1.82, 2.24) is 14.5 Å². The van der Waals surface area contributed by atoms with Gasteiger partial charge in [-0.3, -0.25) is 19.3 Å². The van der Waals surface area contributed by atoms with Gasteiger partial charge in [-0.15, -0.1) is 0 Å². The monoisotopic (exact) mass is 276 g/mol. The van der Waals surface area contributed by atoms with Crippen LogP contribution in [0.5, 0.6) is 0 Å². The molecule has 0 aliphatic heterocycles. The number of pyridine rings is 1. The summed E-state index contributed by atoms with van der Waals surface area (Å²) in [4.78, 5) is 29.5. The van der Waals surface area contributed by atoms with Crippen molar-refractivity contribution in [2.75, 3.05) is 0 Å². The van der Waals surface area contributed by atoms with Crippen molar-refractivity contribution in [3.63, 3.8) is 0 Å². The molecule has 0 aliphatic carbocycles. The van der Waals surface area contributed by atoms with Crippen LogP contribution in [0, 0.1) is 6.92 Å². The Hall–Kier alpha value is -2.28. The van der Waals surface area contributed by atoms with Gasteiger partial charge in [0.15, 0.2) is 0 Å². The van der Waals surface area contributed by atoms with Gasteiger partial charge >= 0.3 is 5.69 Å². The maximum atomic E-state index is 11.7. The van der Waals surface area contributed by atoms with Gasteiger partial charge in [-0.2, -0.15) is 0 Å². The third-order valence-corrected chi connectivity index (χ3v) is 2.85. The zero-order valence-corrected chi connectivity index (χ0v) is 11.0. The van der Waals surface area contributed by atoms with E-state index in [-0.39, 0.29) is 17.1 Å². The predicted octanol–water partition coefficient (Wildman–Crippen LogP) is -0.0775. The summed E-state index contributed by atoms with van der Waals surface area (Å²) in [7, 11) is 0. The maximum Gasteiger partial charge on any atom is 0.328 e. The molecule has 2 aromatic rings. The lowest BCUT2D eigenvalue weighted by Gasteiger charge is -2.09. The van der Waals surface area contributed by atoms with Crippen LogP contribution in [0.2, 0.25) is 0 Å². The van der Waals surface area contributed by atoms with Crippen molar-refractivity contribution in [1.29, 1.82) is 0 Å².